The highest BCUT2D eigenvalue weighted by molar-refractivity contribution is 6.37. The third kappa shape index (κ3) is 3.04. The van der Waals surface area contributed by atoms with E-state index in [0.717, 1.165) is 6.42 Å². The van der Waals surface area contributed by atoms with E-state index in [1.54, 1.807) is 12.1 Å². The number of hydrogen-bond donors (Lipinski definition) is 0. The lowest BCUT2D eigenvalue weighted by molar-refractivity contribution is 0.628. The van der Waals surface area contributed by atoms with Crippen LogP contribution in [0.5, 0.6) is 0 Å². The summed E-state index contributed by atoms with van der Waals surface area (Å²) in [6.07, 6.45) is 0.895. The molecule has 0 N–H and O–H groups in total. The summed E-state index contributed by atoms with van der Waals surface area (Å²) in [5.74, 6) is 0.435. The predicted molar refractivity (Wildman–Crippen MR) is 76.2 cm³/mol. The van der Waals surface area contributed by atoms with Crippen molar-refractivity contribution < 1.29 is 4.39 Å². The topological polar surface area (TPSA) is 25.8 Å². The van der Waals surface area contributed by atoms with Gasteiger partial charge in [-0.3, -0.25) is 0 Å². The van der Waals surface area contributed by atoms with Gasteiger partial charge in [-0.15, -0.1) is 0 Å². The molecule has 1 aromatic carbocycles. The molecule has 0 radical (unpaired) electrons. The van der Waals surface area contributed by atoms with Crippen molar-refractivity contribution in [2.45, 2.75) is 26.2 Å². The van der Waals surface area contributed by atoms with Crippen LogP contribution in [-0.4, -0.2) is 9.97 Å². The molecule has 2 nitrogen and oxygen atoms in total. The summed E-state index contributed by atoms with van der Waals surface area (Å²) in [5, 5.41) is 0.502. The molecule has 0 fully saturated rings. The van der Waals surface area contributed by atoms with Gasteiger partial charge in [-0.05, 0) is 24.1 Å². The second-order valence-corrected chi connectivity index (χ2v) is 5.07. The molecule has 1 heterocycles. The second-order valence-electron chi connectivity index (χ2n) is 4.36. The van der Waals surface area contributed by atoms with Crippen LogP contribution in [0.3, 0.4) is 0 Å². The molecule has 0 aliphatic rings. The quantitative estimate of drug-likeness (QED) is 0.737. The van der Waals surface area contributed by atoms with E-state index in [0.29, 0.717) is 17.0 Å². The van der Waals surface area contributed by atoms with Crippen molar-refractivity contribution in [1.82, 2.24) is 9.97 Å². The predicted octanol–water partition coefficient (Wildman–Crippen LogP) is 5.10. The van der Waals surface area contributed by atoms with Crippen molar-refractivity contribution in [1.29, 1.82) is 0 Å². The maximum atomic E-state index is 13.3. The molecular weight excluding hydrogens is 286 g/mol. The van der Waals surface area contributed by atoms with E-state index in [2.05, 4.69) is 9.97 Å². The van der Waals surface area contributed by atoms with Gasteiger partial charge in [0.1, 0.15) is 21.9 Å². The van der Waals surface area contributed by atoms with Crippen LogP contribution < -0.4 is 0 Å². The zero-order valence-corrected chi connectivity index (χ0v) is 12.1. The molecule has 2 aromatic rings. The van der Waals surface area contributed by atoms with Gasteiger partial charge in [-0.2, -0.15) is 0 Å². The molecule has 0 spiro atoms. The van der Waals surface area contributed by atoms with Crippen LogP contribution in [0.25, 0.3) is 11.1 Å². The molecule has 0 aliphatic heterocycles. The Morgan fingerprint density at radius 2 is 1.84 bits per heavy atom. The minimum absolute atomic E-state index is 0.177. The smallest absolute Gasteiger partial charge is 0.142 e. The van der Waals surface area contributed by atoms with Crippen molar-refractivity contribution in [3.05, 3.63) is 46.2 Å². The highest BCUT2D eigenvalue weighted by Gasteiger charge is 2.16. The Hall–Kier alpha value is -1.19. The van der Waals surface area contributed by atoms with E-state index in [4.69, 9.17) is 23.2 Å². The van der Waals surface area contributed by atoms with Crippen LogP contribution in [0.2, 0.25) is 10.3 Å². The average Bonchev–Trinajstić information content (AvgIpc) is 2.37. The Balaban J connectivity index is 2.54. The van der Waals surface area contributed by atoms with Gasteiger partial charge in [0.05, 0.1) is 5.56 Å². The molecule has 0 bridgehead atoms. The molecule has 1 aromatic heterocycles. The first-order valence-corrected chi connectivity index (χ1v) is 6.77. The summed E-state index contributed by atoms with van der Waals surface area (Å²) >= 11 is 12.3. The second kappa shape index (κ2) is 5.85. The fraction of sp³-hybridized carbons (Fsp3) is 0.286. The molecule has 100 valence electrons. The van der Waals surface area contributed by atoms with Gasteiger partial charge in [0.15, 0.2) is 0 Å². The number of hydrogen-bond acceptors (Lipinski definition) is 2. The van der Waals surface area contributed by atoms with Gasteiger partial charge in [0.2, 0.25) is 0 Å². The highest BCUT2D eigenvalue weighted by atomic mass is 35.5. The van der Waals surface area contributed by atoms with Crippen LogP contribution in [-0.2, 0) is 0 Å². The summed E-state index contributed by atoms with van der Waals surface area (Å²) in [4.78, 5) is 8.52. The molecule has 0 saturated carbocycles. The first-order chi connectivity index (χ1) is 9.02. The maximum absolute atomic E-state index is 13.3. The van der Waals surface area contributed by atoms with Gasteiger partial charge in [-0.25, -0.2) is 14.4 Å². The number of benzene rings is 1. The van der Waals surface area contributed by atoms with Crippen LogP contribution in [0.1, 0.15) is 32.0 Å². The molecule has 1 unspecified atom stereocenters. The largest absolute Gasteiger partial charge is 0.220 e. The van der Waals surface area contributed by atoms with E-state index in [1.165, 1.54) is 12.1 Å². The van der Waals surface area contributed by atoms with Crippen LogP contribution in [0.4, 0.5) is 4.39 Å². The van der Waals surface area contributed by atoms with Gasteiger partial charge in [-0.1, -0.05) is 49.2 Å². The molecule has 2 rings (SSSR count). The summed E-state index contributed by atoms with van der Waals surface area (Å²) in [7, 11) is 0. The molecule has 0 saturated heterocycles. The minimum Gasteiger partial charge on any atom is -0.220 e. The van der Waals surface area contributed by atoms with Crippen LogP contribution >= 0.6 is 23.2 Å². The SMILES string of the molecule is CCC(C)c1nc(Cl)c(-c2cccc(F)c2)c(Cl)n1. The molecule has 1 atom stereocenters. The zero-order valence-electron chi connectivity index (χ0n) is 10.6. The van der Waals surface area contributed by atoms with E-state index >= 15 is 0 Å². The van der Waals surface area contributed by atoms with E-state index in [9.17, 15) is 4.39 Å². The molecule has 0 amide bonds. The summed E-state index contributed by atoms with van der Waals surface area (Å²) in [6, 6.07) is 6.04. The fourth-order valence-electron chi connectivity index (χ4n) is 1.71. The number of nitrogens with zero attached hydrogens (tertiary/aromatic N) is 2. The average molecular weight is 299 g/mol. The summed E-state index contributed by atoms with van der Waals surface area (Å²) in [6.45, 7) is 4.04. The lowest BCUT2D eigenvalue weighted by Gasteiger charge is -2.11. The molecule has 5 heteroatoms. The van der Waals surface area contributed by atoms with Gasteiger partial charge in [0, 0.05) is 5.92 Å². The molecule has 0 aliphatic carbocycles. The Morgan fingerprint density at radius 1 is 1.21 bits per heavy atom. The number of halogens is 3. The Labute approximate surface area is 121 Å². The first kappa shape index (κ1) is 14.2. The highest BCUT2D eigenvalue weighted by Crippen LogP contribution is 2.33. The van der Waals surface area contributed by atoms with Gasteiger partial charge >= 0.3 is 0 Å². The third-order valence-electron chi connectivity index (χ3n) is 3.00. The van der Waals surface area contributed by atoms with Crippen molar-refractivity contribution in [3.63, 3.8) is 0 Å². The monoisotopic (exact) mass is 298 g/mol. The van der Waals surface area contributed by atoms with Crippen molar-refractivity contribution >= 4 is 23.2 Å². The Kier molecular flexibility index (Phi) is 4.38. The fourth-order valence-corrected chi connectivity index (χ4v) is 2.33. The summed E-state index contributed by atoms with van der Waals surface area (Å²) in [5.41, 5.74) is 1.04. The molecule has 19 heavy (non-hydrogen) atoms. The standard InChI is InChI=1S/C14H13Cl2FN2/c1-3-8(2)14-18-12(15)11(13(16)19-14)9-5-4-6-10(17)7-9/h4-8H,3H2,1-2H3. The van der Waals surface area contributed by atoms with Crippen LogP contribution in [0.15, 0.2) is 24.3 Å². The lowest BCUT2D eigenvalue weighted by Crippen LogP contribution is -2.02. The van der Waals surface area contributed by atoms with Crippen molar-refractivity contribution in [2.24, 2.45) is 0 Å². The number of aromatic nitrogens is 2. The number of rotatable bonds is 3. The Bertz CT molecular complexity index is 579. The molecular formula is C14H13Cl2FN2. The van der Waals surface area contributed by atoms with E-state index in [-0.39, 0.29) is 22.0 Å². The van der Waals surface area contributed by atoms with Gasteiger partial charge in [0.25, 0.3) is 0 Å². The first-order valence-electron chi connectivity index (χ1n) is 6.01. The maximum Gasteiger partial charge on any atom is 0.142 e. The van der Waals surface area contributed by atoms with Crippen LogP contribution in [0, 0.1) is 5.82 Å². The lowest BCUT2D eigenvalue weighted by atomic mass is 10.1. The normalized spacial score (nSPS) is 12.5. The van der Waals surface area contributed by atoms with Gasteiger partial charge < -0.3 is 0 Å². The van der Waals surface area contributed by atoms with Crippen molar-refractivity contribution in [2.75, 3.05) is 0 Å². The van der Waals surface area contributed by atoms with E-state index < -0.39 is 0 Å². The minimum atomic E-state index is -0.351. The zero-order chi connectivity index (χ0) is 14.0. The third-order valence-corrected chi connectivity index (χ3v) is 3.55. The van der Waals surface area contributed by atoms with Crippen molar-refractivity contribution in [3.8, 4) is 11.1 Å². The summed E-state index contributed by atoms with van der Waals surface area (Å²) < 4.78 is 13.3. The Morgan fingerprint density at radius 3 is 2.37 bits per heavy atom. The van der Waals surface area contributed by atoms with E-state index in [1.807, 2.05) is 13.8 Å².